The Morgan fingerprint density at radius 2 is 1.81 bits per heavy atom. The van der Waals surface area contributed by atoms with Crippen LogP contribution in [0.25, 0.3) is 0 Å². The molecule has 0 aromatic heterocycles. The number of halogens is 1. The standard InChI is InChI=1S/C26H36FN3O/c1-19(2)31-26-12-8-22(9-13-26)17-28-21(4)30(18-23-6-10-24(27)11-7-23)25-14-15-29(5)20(3)16-25/h6-13,19-20,25,28H,4,14-18H2,1-3,5H3/t20-,25-/m1/s1. The van der Waals surface area contributed by atoms with Crippen molar-refractivity contribution >= 4 is 0 Å². The molecule has 0 saturated carbocycles. The monoisotopic (exact) mass is 425 g/mol. The third-order valence-electron chi connectivity index (χ3n) is 6.03. The van der Waals surface area contributed by atoms with Crippen LogP contribution < -0.4 is 10.1 Å². The van der Waals surface area contributed by atoms with Gasteiger partial charge in [0.1, 0.15) is 11.6 Å². The summed E-state index contributed by atoms with van der Waals surface area (Å²) < 4.78 is 19.1. The van der Waals surface area contributed by atoms with Crippen molar-refractivity contribution in [3.05, 3.63) is 77.9 Å². The van der Waals surface area contributed by atoms with Gasteiger partial charge in [0.25, 0.3) is 0 Å². The molecular weight excluding hydrogens is 389 g/mol. The minimum Gasteiger partial charge on any atom is -0.491 e. The molecule has 2 aromatic carbocycles. The molecule has 3 rings (SSSR count). The van der Waals surface area contributed by atoms with Crippen molar-refractivity contribution in [2.24, 2.45) is 0 Å². The largest absolute Gasteiger partial charge is 0.491 e. The van der Waals surface area contributed by atoms with E-state index >= 15 is 0 Å². The van der Waals surface area contributed by atoms with Crippen LogP contribution in [-0.2, 0) is 13.1 Å². The number of hydrogen-bond donors (Lipinski definition) is 1. The van der Waals surface area contributed by atoms with E-state index in [1.807, 2.05) is 38.1 Å². The first-order chi connectivity index (χ1) is 14.8. The predicted octanol–water partition coefficient (Wildman–Crippen LogP) is 5.16. The molecule has 1 N–H and O–H groups in total. The number of likely N-dealkylation sites (tertiary alicyclic amines) is 1. The quantitative estimate of drug-likeness (QED) is 0.601. The van der Waals surface area contributed by atoms with Gasteiger partial charge in [-0.05, 0) is 76.1 Å². The van der Waals surface area contributed by atoms with Crippen LogP contribution in [0.3, 0.4) is 0 Å². The molecule has 0 spiro atoms. The molecule has 5 heteroatoms. The molecule has 2 aromatic rings. The van der Waals surface area contributed by atoms with Crippen molar-refractivity contribution in [2.45, 2.75) is 64.9 Å². The Morgan fingerprint density at radius 3 is 2.42 bits per heavy atom. The Balaban J connectivity index is 1.67. The molecule has 0 bridgehead atoms. The fourth-order valence-electron chi connectivity index (χ4n) is 4.04. The molecule has 168 valence electrons. The highest BCUT2D eigenvalue weighted by Crippen LogP contribution is 2.25. The lowest BCUT2D eigenvalue weighted by Gasteiger charge is -2.42. The zero-order valence-corrected chi connectivity index (χ0v) is 19.3. The molecule has 1 heterocycles. The van der Waals surface area contributed by atoms with Crippen molar-refractivity contribution in [1.82, 2.24) is 15.1 Å². The van der Waals surface area contributed by atoms with E-state index < -0.39 is 0 Å². The Labute approximate surface area is 186 Å². The highest BCUT2D eigenvalue weighted by Gasteiger charge is 2.28. The molecule has 1 fully saturated rings. The van der Waals surface area contributed by atoms with E-state index in [0.717, 1.165) is 36.5 Å². The number of nitrogens with zero attached hydrogens (tertiary/aromatic N) is 2. The van der Waals surface area contributed by atoms with E-state index in [0.29, 0.717) is 25.2 Å². The molecule has 0 amide bonds. The summed E-state index contributed by atoms with van der Waals surface area (Å²) in [6, 6.07) is 15.9. The third kappa shape index (κ3) is 6.73. The first kappa shape index (κ1) is 23.1. The second-order valence-electron chi connectivity index (χ2n) is 8.87. The van der Waals surface area contributed by atoms with Gasteiger partial charge < -0.3 is 19.9 Å². The molecule has 1 aliphatic rings. The fourth-order valence-corrected chi connectivity index (χ4v) is 4.04. The van der Waals surface area contributed by atoms with Crippen LogP contribution in [-0.4, -0.2) is 41.6 Å². The maximum Gasteiger partial charge on any atom is 0.123 e. The van der Waals surface area contributed by atoms with Crippen molar-refractivity contribution < 1.29 is 9.13 Å². The summed E-state index contributed by atoms with van der Waals surface area (Å²) in [5.41, 5.74) is 2.27. The lowest BCUT2D eigenvalue weighted by Crippen LogP contribution is -2.48. The summed E-state index contributed by atoms with van der Waals surface area (Å²) in [5, 5.41) is 3.52. The zero-order valence-electron chi connectivity index (χ0n) is 19.3. The summed E-state index contributed by atoms with van der Waals surface area (Å²) in [5.74, 6) is 1.59. The van der Waals surface area contributed by atoms with Gasteiger partial charge in [0, 0.05) is 31.7 Å². The number of nitrogens with one attached hydrogen (secondary N) is 1. The molecule has 0 unspecified atom stereocenters. The van der Waals surface area contributed by atoms with Gasteiger partial charge in [-0.3, -0.25) is 0 Å². The predicted molar refractivity (Wildman–Crippen MR) is 125 cm³/mol. The Morgan fingerprint density at radius 1 is 1.16 bits per heavy atom. The minimum atomic E-state index is -0.204. The van der Waals surface area contributed by atoms with Gasteiger partial charge >= 0.3 is 0 Å². The van der Waals surface area contributed by atoms with E-state index in [1.165, 1.54) is 17.7 Å². The van der Waals surface area contributed by atoms with Crippen LogP contribution in [0.1, 0.15) is 44.7 Å². The Bertz CT molecular complexity index is 835. The van der Waals surface area contributed by atoms with Gasteiger partial charge in [-0.15, -0.1) is 0 Å². The molecule has 1 aliphatic heterocycles. The minimum absolute atomic E-state index is 0.167. The highest BCUT2D eigenvalue weighted by atomic mass is 19.1. The number of benzene rings is 2. The average molecular weight is 426 g/mol. The second kappa shape index (κ2) is 10.7. The molecule has 1 saturated heterocycles. The second-order valence-corrected chi connectivity index (χ2v) is 8.87. The van der Waals surface area contributed by atoms with Crippen molar-refractivity contribution in [2.75, 3.05) is 13.6 Å². The summed E-state index contributed by atoms with van der Waals surface area (Å²) in [4.78, 5) is 4.76. The van der Waals surface area contributed by atoms with Crippen molar-refractivity contribution in [1.29, 1.82) is 0 Å². The average Bonchev–Trinajstić information content (AvgIpc) is 2.74. The summed E-state index contributed by atoms with van der Waals surface area (Å²) in [6.07, 6.45) is 2.34. The normalized spacial score (nSPS) is 19.3. The van der Waals surface area contributed by atoms with Crippen LogP contribution in [0.5, 0.6) is 5.75 Å². The summed E-state index contributed by atoms with van der Waals surface area (Å²) in [6.45, 7) is 13.2. The smallest absolute Gasteiger partial charge is 0.123 e. The molecule has 0 radical (unpaired) electrons. The summed E-state index contributed by atoms with van der Waals surface area (Å²) >= 11 is 0. The number of piperidine rings is 1. The third-order valence-corrected chi connectivity index (χ3v) is 6.03. The lowest BCUT2D eigenvalue weighted by atomic mass is 9.97. The van der Waals surface area contributed by atoms with Gasteiger partial charge in [-0.1, -0.05) is 30.8 Å². The lowest BCUT2D eigenvalue weighted by molar-refractivity contribution is 0.100. The van der Waals surface area contributed by atoms with Crippen molar-refractivity contribution in [3.8, 4) is 5.75 Å². The van der Waals surface area contributed by atoms with E-state index in [4.69, 9.17) is 4.74 Å². The number of hydrogen-bond acceptors (Lipinski definition) is 4. The van der Waals surface area contributed by atoms with Crippen LogP contribution >= 0.6 is 0 Å². The first-order valence-corrected chi connectivity index (χ1v) is 11.2. The van der Waals surface area contributed by atoms with Crippen LogP contribution in [0.15, 0.2) is 60.9 Å². The van der Waals surface area contributed by atoms with Gasteiger partial charge in [0.2, 0.25) is 0 Å². The molecule has 4 nitrogen and oxygen atoms in total. The van der Waals surface area contributed by atoms with Gasteiger partial charge in [-0.2, -0.15) is 0 Å². The summed E-state index contributed by atoms with van der Waals surface area (Å²) in [7, 11) is 2.19. The van der Waals surface area contributed by atoms with Gasteiger partial charge in [0.15, 0.2) is 0 Å². The first-order valence-electron chi connectivity index (χ1n) is 11.2. The molecule has 2 atom stereocenters. The SMILES string of the molecule is C=C(NCc1ccc(OC(C)C)cc1)N(Cc1ccc(F)cc1)[C@@H]1CCN(C)[C@H](C)C1. The Hall–Kier alpha value is -2.53. The number of ether oxygens (including phenoxy) is 1. The van der Waals surface area contributed by atoms with E-state index in [1.54, 1.807) is 0 Å². The van der Waals surface area contributed by atoms with Crippen molar-refractivity contribution in [3.63, 3.8) is 0 Å². The highest BCUT2D eigenvalue weighted by molar-refractivity contribution is 5.27. The molecule has 0 aliphatic carbocycles. The van der Waals surface area contributed by atoms with Crippen LogP contribution in [0.4, 0.5) is 4.39 Å². The van der Waals surface area contributed by atoms with E-state index in [2.05, 4.69) is 47.8 Å². The zero-order chi connectivity index (χ0) is 22.4. The van der Waals surface area contributed by atoms with E-state index in [-0.39, 0.29) is 11.9 Å². The van der Waals surface area contributed by atoms with E-state index in [9.17, 15) is 4.39 Å². The van der Waals surface area contributed by atoms with Crippen LogP contribution in [0, 0.1) is 5.82 Å². The number of rotatable bonds is 9. The maximum absolute atomic E-state index is 13.4. The topological polar surface area (TPSA) is 27.7 Å². The van der Waals surface area contributed by atoms with Gasteiger partial charge in [-0.25, -0.2) is 4.39 Å². The molecule has 31 heavy (non-hydrogen) atoms. The Kier molecular flexibility index (Phi) is 7.97. The molecular formula is C26H36FN3O. The van der Waals surface area contributed by atoms with Crippen LogP contribution in [0.2, 0.25) is 0 Å². The fraction of sp³-hybridized carbons (Fsp3) is 0.462. The van der Waals surface area contributed by atoms with Gasteiger partial charge in [0.05, 0.1) is 11.9 Å². The maximum atomic E-state index is 13.4.